The lowest BCUT2D eigenvalue weighted by Gasteiger charge is -2.45. The van der Waals surface area contributed by atoms with Gasteiger partial charge in [-0.2, -0.15) is 0 Å². The molecule has 0 aliphatic heterocycles. The van der Waals surface area contributed by atoms with Crippen molar-refractivity contribution in [3.63, 3.8) is 0 Å². The number of thiol groups is 2. The van der Waals surface area contributed by atoms with E-state index < -0.39 is 15.5 Å². The zero-order chi connectivity index (χ0) is 14.1. The van der Waals surface area contributed by atoms with Crippen molar-refractivity contribution in [3.8, 4) is 0 Å². The molecule has 0 unspecified atom stereocenters. The standard InChI is InChI=1S/C9H24O3S5Si/c1-5-9-17(15-13,16-14)18(10-6-2,11-7-3)12-8-4/h13-14H,5-9H2,1-4H3. The molecule has 0 bridgehead atoms. The molecule has 0 aromatic carbocycles. The summed E-state index contributed by atoms with van der Waals surface area (Å²) < 4.78 is 18.0. The highest BCUT2D eigenvalue weighted by Gasteiger charge is 2.58. The van der Waals surface area contributed by atoms with Gasteiger partial charge < -0.3 is 13.3 Å². The molecule has 18 heavy (non-hydrogen) atoms. The van der Waals surface area contributed by atoms with Gasteiger partial charge in [-0.15, -0.1) is 23.3 Å². The highest BCUT2D eigenvalue weighted by molar-refractivity contribution is 9.50. The van der Waals surface area contributed by atoms with Crippen molar-refractivity contribution in [3.05, 3.63) is 0 Å². The molecule has 0 fully saturated rings. The van der Waals surface area contributed by atoms with E-state index in [9.17, 15) is 0 Å². The Bertz CT molecular complexity index is 201. The van der Waals surface area contributed by atoms with Crippen LogP contribution in [0.3, 0.4) is 0 Å². The van der Waals surface area contributed by atoms with Crippen molar-refractivity contribution < 1.29 is 13.3 Å². The summed E-state index contributed by atoms with van der Waals surface area (Å²) in [4.78, 5) is 0. The summed E-state index contributed by atoms with van der Waals surface area (Å²) in [7, 11) is -1.08. The molecule has 9 heteroatoms. The van der Waals surface area contributed by atoms with Crippen LogP contribution in [0.1, 0.15) is 34.1 Å². The molecule has 0 aromatic rings. The minimum Gasteiger partial charge on any atom is -0.366 e. The minimum atomic E-state index is -2.74. The maximum Gasteiger partial charge on any atom is 0.576 e. The average molecular weight is 369 g/mol. The molecule has 0 amide bonds. The minimum absolute atomic E-state index is 0.591. The highest BCUT2D eigenvalue weighted by Crippen LogP contribution is 2.78. The quantitative estimate of drug-likeness (QED) is 0.312. The first-order valence-electron chi connectivity index (χ1n) is 6.00. The van der Waals surface area contributed by atoms with E-state index in [2.05, 4.69) is 30.2 Å². The van der Waals surface area contributed by atoms with Crippen molar-refractivity contribution in [2.45, 2.75) is 34.1 Å². The maximum atomic E-state index is 6.00. The molecule has 0 spiro atoms. The van der Waals surface area contributed by atoms with E-state index in [1.807, 2.05) is 20.8 Å². The zero-order valence-corrected chi connectivity index (χ0v) is 16.6. The van der Waals surface area contributed by atoms with Crippen molar-refractivity contribution in [1.82, 2.24) is 0 Å². The molecule has 0 aliphatic rings. The largest absolute Gasteiger partial charge is 0.576 e. The molecule has 0 atom stereocenters. The van der Waals surface area contributed by atoms with E-state index in [4.69, 9.17) is 13.3 Å². The van der Waals surface area contributed by atoms with Gasteiger partial charge in [-0.05, 0) is 52.6 Å². The monoisotopic (exact) mass is 368 g/mol. The van der Waals surface area contributed by atoms with Gasteiger partial charge in [0.1, 0.15) is 0 Å². The Kier molecular flexibility index (Phi) is 11.6. The van der Waals surface area contributed by atoms with Gasteiger partial charge in [0, 0.05) is 19.8 Å². The number of rotatable bonds is 11. The summed E-state index contributed by atoms with van der Waals surface area (Å²) in [6.07, 6.45) is 1.04. The van der Waals surface area contributed by atoms with Crippen LogP contribution in [0, 0.1) is 0 Å². The van der Waals surface area contributed by atoms with Gasteiger partial charge in [0.15, 0.2) is 0 Å². The fourth-order valence-corrected chi connectivity index (χ4v) is 24.3. The lowest BCUT2D eigenvalue weighted by Crippen LogP contribution is -2.49. The molecule has 0 N–H and O–H groups in total. The van der Waals surface area contributed by atoms with Gasteiger partial charge in [0.25, 0.3) is 0 Å². The molecule has 3 nitrogen and oxygen atoms in total. The van der Waals surface area contributed by atoms with Crippen LogP contribution in [0.25, 0.3) is 0 Å². The molecular formula is C9H24O3S5Si. The van der Waals surface area contributed by atoms with E-state index in [-0.39, 0.29) is 0 Å². The third-order valence-corrected chi connectivity index (χ3v) is 27.9. The zero-order valence-electron chi connectivity index (χ0n) is 11.4. The summed E-state index contributed by atoms with van der Waals surface area (Å²) in [6.45, 7) is 9.85. The van der Waals surface area contributed by atoms with Crippen LogP contribution in [-0.2, 0) is 13.3 Å². The molecule has 0 heterocycles. The highest BCUT2D eigenvalue weighted by atomic mass is 33.9. The molecule has 0 rings (SSSR count). The molecule has 0 saturated carbocycles. The van der Waals surface area contributed by atoms with Gasteiger partial charge in [-0.3, -0.25) is 0 Å². The molecule has 0 aromatic heterocycles. The molecule has 0 aliphatic carbocycles. The van der Waals surface area contributed by atoms with Gasteiger partial charge in [0.05, 0.1) is 0 Å². The first kappa shape index (κ1) is 19.8. The summed E-state index contributed by atoms with van der Waals surface area (Å²) >= 11 is 8.93. The van der Waals surface area contributed by atoms with E-state index in [1.165, 1.54) is 19.7 Å². The van der Waals surface area contributed by atoms with Crippen LogP contribution in [0.15, 0.2) is 0 Å². The Morgan fingerprint density at radius 3 is 1.50 bits per heavy atom. The van der Waals surface area contributed by atoms with E-state index >= 15 is 0 Å². The third-order valence-electron chi connectivity index (χ3n) is 2.06. The second kappa shape index (κ2) is 10.6. The van der Waals surface area contributed by atoms with Crippen molar-refractivity contribution in [1.29, 1.82) is 0 Å². The number of hydrogen-bond acceptors (Lipinski definition) is 7. The lowest BCUT2D eigenvalue weighted by atomic mass is 10.6. The normalized spacial score (nSPS) is 13.9. The van der Waals surface area contributed by atoms with Crippen LogP contribution in [0.2, 0.25) is 0 Å². The van der Waals surface area contributed by atoms with Crippen LogP contribution < -0.4 is 0 Å². The van der Waals surface area contributed by atoms with Gasteiger partial charge in [-0.1, -0.05) is 14.5 Å². The van der Waals surface area contributed by atoms with Crippen molar-refractivity contribution in [2.24, 2.45) is 0 Å². The van der Waals surface area contributed by atoms with Crippen LogP contribution in [0.5, 0.6) is 0 Å². The summed E-state index contributed by atoms with van der Waals surface area (Å²) in [5.41, 5.74) is 0. The van der Waals surface area contributed by atoms with Gasteiger partial charge in [0.2, 0.25) is 0 Å². The molecule has 0 saturated heterocycles. The SMILES string of the molecule is CCCS(SS)(SS)[Si](OCC)(OCC)OCC. The lowest BCUT2D eigenvalue weighted by molar-refractivity contribution is 0.0962. The Balaban J connectivity index is 5.40. The predicted molar refractivity (Wildman–Crippen MR) is 96.5 cm³/mol. The summed E-state index contributed by atoms with van der Waals surface area (Å²) in [5, 5.41) is 0. The smallest absolute Gasteiger partial charge is 0.366 e. The fourth-order valence-electron chi connectivity index (χ4n) is 1.50. The maximum absolute atomic E-state index is 6.00. The van der Waals surface area contributed by atoms with Gasteiger partial charge in [-0.25, -0.2) is 0 Å². The van der Waals surface area contributed by atoms with Crippen molar-refractivity contribution in [2.75, 3.05) is 25.6 Å². The third kappa shape index (κ3) is 4.69. The van der Waals surface area contributed by atoms with E-state index in [0.29, 0.717) is 19.8 Å². The Morgan fingerprint density at radius 1 is 0.889 bits per heavy atom. The summed E-state index contributed by atoms with van der Waals surface area (Å²) in [6, 6.07) is 0. The Labute approximate surface area is 131 Å². The second-order valence-electron chi connectivity index (χ2n) is 3.27. The second-order valence-corrected chi connectivity index (χ2v) is 20.1. The summed E-state index contributed by atoms with van der Waals surface area (Å²) in [5.74, 6) is 0.974. The van der Waals surface area contributed by atoms with Crippen LogP contribution in [-0.4, -0.2) is 33.5 Å². The van der Waals surface area contributed by atoms with Crippen LogP contribution in [0.4, 0.5) is 0 Å². The first-order valence-corrected chi connectivity index (χ1v) is 15.0. The average Bonchev–Trinajstić information content (AvgIpc) is 2.37. The van der Waals surface area contributed by atoms with Gasteiger partial charge >= 0.3 is 7.95 Å². The molecule has 0 radical (unpaired) electrons. The van der Waals surface area contributed by atoms with Crippen LogP contribution >= 0.6 is 50.5 Å². The van der Waals surface area contributed by atoms with E-state index in [0.717, 1.165) is 12.2 Å². The first-order chi connectivity index (χ1) is 8.61. The Morgan fingerprint density at radius 2 is 1.28 bits per heavy atom. The molecule has 112 valence electrons. The number of hydrogen-bond donors (Lipinski definition) is 2. The van der Waals surface area contributed by atoms with Crippen molar-refractivity contribution >= 4 is 58.5 Å². The predicted octanol–water partition coefficient (Wildman–Crippen LogP) is 4.73. The van der Waals surface area contributed by atoms with E-state index in [1.54, 1.807) is 0 Å². The topological polar surface area (TPSA) is 27.7 Å². The fraction of sp³-hybridized carbons (Fsp3) is 1.00. The molecular weight excluding hydrogens is 345 g/mol. The Hall–Kier alpha value is 1.85.